The normalized spacial score (nSPS) is 11.6. The number of para-hydroxylation sites is 12. The van der Waals surface area contributed by atoms with Gasteiger partial charge in [-0.3, -0.25) is 0 Å². The Morgan fingerprint density at radius 1 is 0.0985 bits per heavy atom. The molecule has 0 aliphatic rings. The fourth-order valence-electron chi connectivity index (χ4n) is 20.8. The first kappa shape index (κ1) is 76.8. The van der Waals surface area contributed by atoms with Crippen LogP contribution in [-0.2, 0) is 0 Å². The zero-order chi connectivity index (χ0) is 87.1. The number of hydrogen-bond donors (Lipinski definition) is 0. The van der Waals surface area contributed by atoms with Gasteiger partial charge in [0, 0.05) is 98.8 Å². The highest BCUT2D eigenvalue weighted by molar-refractivity contribution is 6.18. The molecule has 27 rings (SSSR count). The van der Waals surface area contributed by atoms with Crippen LogP contribution < -0.4 is 0 Å². The van der Waals surface area contributed by atoms with Crippen LogP contribution in [0.15, 0.2) is 510 Å². The van der Waals surface area contributed by atoms with Crippen molar-refractivity contribution in [3.63, 3.8) is 0 Å². The monoisotopic (exact) mass is 1680 g/mol. The molecular formula is C126H84N6. The van der Waals surface area contributed by atoms with Gasteiger partial charge in [0.05, 0.1) is 66.2 Å². The lowest BCUT2D eigenvalue weighted by atomic mass is 9.96. The van der Waals surface area contributed by atoms with Gasteiger partial charge < -0.3 is 27.4 Å². The van der Waals surface area contributed by atoms with Crippen LogP contribution in [0.4, 0.5) is 0 Å². The third kappa shape index (κ3) is 13.2. The van der Waals surface area contributed by atoms with E-state index in [0.717, 1.165) is 0 Å². The predicted molar refractivity (Wildman–Crippen MR) is 558 cm³/mol. The van der Waals surface area contributed by atoms with Crippen molar-refractivity contribution in [1.29, 1.82) is 0 Å². The standard InChI is InChI=1S/3C42H28N2/c1-3-14-33(15-4-1)43-40-21-10-8-19-36(40)38-27-31(23-25-41(38)43)29-12-11-13-30(26-29)32-22-24-37-35-18-7-9-20-39(35)44(42(37)28-32)34-16-5-2-6-17-34;1-3-14-33(15-4-1)43-39-20-9-7-18-35(39)37-27-31(22-24-41(37)43)29-12-11-13-30(26-29)32-23-25-42-38(28-32)36-19-8-10-21-40(36)44(42)34-16-5-2-6-17-34;1-3-12-32(13-4-1)43-38-19-9-7-16-35(38)37-28-31(26-27-40(37)43)29-22-24-30(25-23-29)34-18-11-21-41-42(34)36-17-8-10-20-39(36)44(41)33-14-5-2-6-15-33/h3*1-28H. The topological polar surface area (TPSA) is 29.6 Å². The number of hydrogen-bond acceptors (Lipinski definition) is 0. The zero-order valence-corrected chi connectivity index (χ0v) is 72.2. The number of fused-ring (bicyclic) bond motifs is 18. The van der Waals surface area contributed by atoms with E-state index in [1.165, 1.54) is 232 Å². The Hall–Kier alpha value is -17.6. The summed E-state index contributed by atoms with van der Waals surface area (Å²) < 4.78 is 14.2. The Labute approximate surface area is 763 Å². The van der Waals surface area contributed by atoms with E-state index in [4.69, 9.17) is 0 Å². The van der Waals surface area contributed by atoms with Gasteiger partial charge in [-0.1, -0.05) is 328 Å². The lowest BCUT2D eigenvalue weighted by Crippen LogP contribution is -1.93. The maximum absolute atomic E-state index is 2.38. The molecule has 21 aromatic carbocycles. The van der Waals surface area contributed by atoms with E-state index in [1.807, 2.05) is 0 Å². The molecule has 0 saturated heterocycles. The first-order valence-corrected chi connectivity index (χ1v) is 45.4. The van der Waals surface area contributed by atoms with Crippen molar-refractivity contribution in [3.8, 4) is 101 Å². The third-order valence-electron chi connectivity index (χ3n) is 26.7. The first-order valence-electron chi connectivity index (χ1n) is 45.4. The van der Waals surface area contributed by atoms with Crippen LogP contribution in [0, 0.1) is 0 Å². The van der Waals surface area contributed by atoms with Gasteiger partial charge in [0.15, 0.2) is 0 Å². The van der Waals surface area contributed by atoms with Crippen molar-refractivity contribution < 1.29 is 0 Å². The van der Waals surface area contributed by atoms with Gasteiger partial charge in [0.2, 0.25) is 0 Å². The van der Waals surface area contributed by atoms with Crippen LogP contribution >= 0.6 is 0 Å². The van der Waals surface area contributed by atoms with Crippen LogP contribution in [0.2, 0.25) is 0 Å². The Morgan fingerprint density at radius 3 is 0.636 bits per heavy atom. The Kier molecular flexibility index (Phi) is 18.8. The van der Waals surface area contributed by atoms with E-state index in [2.05, 4.69) is 537 Å². The molecule has 0 radical (unpaired) electrons. The summed E-state index contributed by atoms with van der Waals surface area (Å²) >= 11 is 0. The highest BCUT2D eigenvalue weighted by Gasteiger charge is 2.23. The van der Waals surface area contributed by atoms with Crippen molar-refractivity contribution >= 4 is 131 Å². The van der Waals surface area contributed by atoms with E-state index in [9.17, 15) is 0 Å². The van der Waals surface area contributed by atoms with E-state index < -0.39 is 0 Å². The second-order valence-corrected chi connectivity index (χ2v) is 34.2. The zero-order valence-electron chi connectivity index (χ0n) is 72.2. The summed E-state index contributed by atoms with van der Waals surface area (Å²) in [6.07, 6.45) is 0. The summed E-state index contributed by atoms with van der Waals surface area (Å²) in [5, 5.41) is 15.2. The molecule has 0 bridgehead atoms. The number of benzene rings is 21. The lowest BCUT2D eigenvalue weighted by molar-refractivity contribution is 1.18. The SMILES string of the molecule is c1ccc(-n2c3ccccc3c3cc(-c4ccc(-c5cccc6c5c5ccccc5n6-c5ccccc5)cc4)ccc32)cc1.c1ccc(-n2c3ccccc3c3cc(-c4cccc(-c5ccc6c(c5)c5ccccc5n6-c5ccccc5)c4)ccc32)cc1.c1ccc(-n2c3ccccc3c3cc(-c4cccc(-c5ccc6c7ccccc7n(-c7ccccc7)c6c5)c4)ccc32)cc1. The lowest BCUT2D eigenvalue weighted by Gasteiger charge is -2.10. The van der Waals surface area contributed by atoms with E-state index in [1.54, 1.807) is 0 Å². The largest absolute Gasteiger partial charge is 0.309 e. The molecule has 0 aliphatic heterocycles. The summed E-state index contributed by atoms with van der Waals surface area (Å²) in [5.41, 5.74) is 36.4. The molecule has 0 spiro atoms. The summed E-state index contributed by atoms with van der Waals surface area (Å²) in [6.45, 7) is 0. The Bertz CT molecular complexity index is 8930. The molecular weight excluding hydrogens is 1600 g/mol. The number of rotatable bonds is 12. The minimum atomic E-state index is 1.17. The summed E-state index contributed by atoms with van der Waals surface area (Å²) in [7, 11) is 0. The summed E-state index contributed by atoms with van der Waals surface area (Å²) in [4.78, 5) is 0. The molecule has 0 unspecified atom stereocenters. The molecule has 0 atom stereocenters. The third-order valence-corrected chi connectivity index (χ3v) is 26.7. The van der Waals surface area contributed by atoms with Gasteiger partial charge in [-0.25, -0.2) is 0 Å². The Morgan fingerprint density at radius 2 is 0.303 bits per heavy atom. The molecule has 27 aromatic rings. The minimum absolute atomic E-state index is 1.17. The maximum atomic E-state index is 2.38. The Balaban J connectivity index is 0.000000106. The van der Waals surface area contributed by atoms with Gasteiger partial charge in [-0.15, -0.1) is 0 Å². The molecule has 132 heavy (non-hydrogen) atoms. The van der Waals surface area contributed by atoms with Gasteiger partial charge in [-0.2, -0.15) is 0 Å². The molecule has 6 heteroatoms. The van der Waals surface area contributed by atoms with Crippen LogP contribution in [0.5, 0.6) is 0 Å². The molecule has 0 aliphatic carbocycles. The summed E-state index contributed by atoms with van der Waals surface area (Å²) in [6, 6.07) is 184. The molecule has 6 aromatic heterocycles. The minimum Gasteiger partial charge on any atom is -0.309 e. The van der Waals surface area contributed by atoms with Crippen molar-refractivity contribution in [1.82, 2.24) is 27.4 Å². The molecule has 0 amide bonds. The molecule has 0 saturated carbocycles. The van der Waals surface area contributed by atoms with Crippen molar-refractivity contribution in [2.24, 2.45) is 0 Å². The van der Waals surface area contributed by atoms with Crippen LogP contribution in [-0.4, -0.2) is 27.4 Å². The second kappa shape index (κ2) is 32.4. The smallest absolute Gasteiger partial charge is 0.0547 e. The second-order valence-electron chi connectivity index (χ2n) is 34.2. The van der Waals surface area contributed by atoms with Crippen LogP contribution in [0.1, 0.15) is 0 Å². The molecule has 6 nitrogen and oxygen atoms in total. The quantitative estimate of drug-likeness (QED) is 0.117. The molecule has 0 fully saturated rings. The maximum Gasteiger partial charge on any atom is 0.0547 e. The average molecular weight is 1680 g/mol. The number of aromatic nitrogens is 6. The number of nitrogens with zero attached hydrogens (tertiary/aromatic N) is 6. The molecule has 0 N–H and O–H groups in total. The molecule has 618 valence electrons. The van der Waals surface area contributed by atoms with Crippen molar-refractivity contribution in [3.05, 3.63) is 510 Å². The highest BCUT2D eigenvalue weighted by atomic mass is 15.0. The van der Waals surface area contributed by atoms with Gasteiger partial charge in [0.25, 0.3) is 0 Å². The predicted octanol–water partition coefficient (Wildman–Crippen LogP) is 33.6. The van der Waals surface area contributed by atoms with E-state index in [0.29, 0.717) is 0 Å². The average Bonchev–Trinajstić information content (AvgIpc) is 1.73. The molecule has 6 heterocycles. The van der Waals surface area contributed by atoms with Crippen LogP contribution in [0.25, 0.3) is 232 Å². The van der Waals surface area contributed by atoms with Gasteiger partial charge in [-0.05, 0) is 249 Å². The fraction of sp³-hybridized carbons (Fsp3) is 0. The van der Waals surface area contributed by atoms with Crippen molar-refractivity contribution in [2.75, 3.05) is 0 Å². The van der Waals surface area contributed by atoms with Gasteiger partial charge in [0.1, 0.15) is 0 Å². The first-order chi connectivity index (χ1) is 65.5. The highest BCUT2D eigenvalue weighted by Crippen LogP contribution is 2.45. The summed E-state index contributed by atoms with van der Waals surface area (Å²) in [5.74, 6) is 0. The van der Waals surface area contributed by atoms with Crippen molar-refractivity contribution in [2.45, 2.75) is 0 Å². The fourth-order valence-corrected chi connectivity index (χ4v) is 20.8. The van der Waals surface area contributed by atoms with Crippen LogP contribution in [0.3, 0.4) is 0 Å². The van der Waals surface area contributed by atoms with E-state index >= 15 is 0 Å². The van der Waals surface area contributed by atoms with Gasteiger partial charge >= 0.3 is 0 Å². The van der Waals surface area contributed by atoms with E-state index in [-0.39, 0.29) is 0 Å².